The van der Waals surface area contributed by atoms with Crippen LogP contribution >= 0.6 is 0 Å². The first kappa shape index (κ1) is 73.6. The van der Waals surface area contributed by atoms with Gasteiger partial charge < -0.3 is 14.2 Å². The van der Waals surface area contributed by atoms with Crippen molar-refractivity contribution >= 4 is 17.9 Å². The molecule has 0 bridgehead atoms. The number of allylic oxidation sites excluding steroid dienone is 14. The van der Waals surface area contributed by atoms with E-state index < -0.39 is 6.10 Å². The zero-order valence-corrected chi connectivity index (χ0v) is 51.0. The molecule has 1 unspecified atom stereocenters. The lowest BCUT2D eigenvalue weighted by molar-refractivity contribution is -0.167. The van der Waals surface area contributed by atoms with Gasteiger partial charge in [0.1, 0.15) is 13.2 Å². The molecule has 0 aliphatic heterocycles. The molecule has 444 valence electrons. The Morgan fingerprint density at radius 1 is 0.273 bits per heavy atom. The van der Waals surface area contributed by atoms with E-state index in [1.165, 1.54) is 180 Å². The van der Waals surface area contributed by atoms with Crippen molar-refractivity contribution < 1.29 is 28.6 Å². The second kappa shape index (κ2) is 65.1. The second-order valence-electron chi connectivity index (χ2n) is 22.0. The Labute approximate surface area is 477 Å². The van der Waals surface area contributed by atoms with E-state index in [4.69, 9.17) is 14.2 Å². The van der Waals surface area contributed by atoms with Crippen molar-refractivity contribution in [2.75, 3.05) is 13.2 Å². The molecule has 0 aliphatic rings. The van der Waals surface area contributed by atoms with Gasteiger partial charge in [-0.05, 0) is 116 Å². The fourth-order valence-corrected chi connectivity index (χ4v) is 9.40. The summed E-state index contributed by atoms with van der Waals surface area (Å²) in [6, 6.07) is 0. The van der Waals surface area contributed by atoms with Crippen molar-refractivity contribution in [2.24, 2.45) is 0 Å². The van der Waals surface area contributed by atoms with Crippen molar-refractivity contribution in [3.05, 3.63) is 85.1 Å². The van der Waals surface area contributed by atoms with Crippen LogP contribution in [0.5, 0.6) is 0 Å². The first-order valence-electron chi connectivity index (χ1n) is 33.1. The number of ether oxygens (including phenoxy) is 3. The second-order valence-corrected chi connectivity index (χ2v) is 22.0. The van der Waals surface area contributed by atoms with Gasteiger partial charge in [-0.15, -0.1) is 0 Å². The Morgan fingerprint density at radius 3 is 0.844 bits per heavy atom. The Kier molecular flexibility index (Phi) is 62.2. The molecule has 77 heavy (non-hydrogen) atoms. The minimum absolute atomic E-state index is 0.0899. The standard InChI is InChI=1S/C71H124O6/c1-4-7-10-13-16-19-22-25-27-29-31-32-33-34-35-36-37-38-40-41-43-46-49-52-55-58-61-64-70(73)76-67-68(66-75-69(72)63-60-57-54-51-48-45-24-21-18-15-12-9-6-3)77-71(74)65-62-59-56-53-50-47-44-42-39-30-28-26-23-20-17-14-11-8-5-2/h9,12,17-18,20-21,26,28-29,31,39,42,45,48,68H,4-8,10-11,13-16,19,22-25,27,30,32-38,40-41,43-44,46-47,49-67H2,1-3H3/b12-9-,20-17-,21-18-,28-26-,31-29-,42-39-,48-45-. The van der Waals surface area contributed by atoms with Crippen LogP contribution in [-0.4, -0.2) is 37.2 Å². The molecule has 0 heterocycles. The van der Waals surface area contributed by atoms with Gasteiger partial charge >= 0.3 is 17.9 Å². The summed E-state index contributed by atoms with van der Waals surface area (Å²) in [4.78, 5) is 38.3. The van der Waals surface area contributed by atoms with Crippen LogP contribution in [0.4, 0.5) is 0 Å². The average Bonchev–Trinajstić information content (AvgIpc) is 3.43. The Balaban J connectivity index is 4.28. The summed E-state index contributed by atoms with van der Waals surface area (Å²) >= 11 is 0. The smallest absolute Gasteiger partial charge is 0.306 e. The van der Waals surface area contributed by atoms with Gasteiger partial charge in [-0.1, -0.05) is 279 Å². The normalized spacial score (nSPS) is 12.6. The molecule has 0 saturated carbocycles. The van der Waals surface area contributed by atoms with E-state index in [2.05, 4.69) is 106 Å². The van der Waals surface area contributed by atoms with Gasteiger partial charge in [0.15, 0.2) is 6.10 Å². The monoisotopic (exact) mass is 1070 g/mol. The topological polar surface area (TPSA) is 78.9 Å². The van der Waals surface area contributed by atoms with E-state index in [1.807, 2.05) is 0 Å². The largest absolute Gasteiger partial charge is 0.462 e. The molecule has 6 nitrogen and oxygen atoms in total. The maximum Gasteiger partial charge on any atom is 0.306 e. The van der Waals surface area contributed by atoms with E-state index in [1.54, 1.807) is 0 Å². The van der Waals surface area contributed by atoms with E-state index in [-0.39, 0.29) is 31.1 Å². The predicted octanol–water partition coefficient (Wildman–Crippen LogP) is 22.7. The molecule has 0 aromatic rings. The fraction of sp³-hybridized carbons (Fsp3) is 0.761. The summed E-state index contributed by atoms with van der Waals surface area (Å²) in [5, 5.41) is 0. The lowest BCUT2D eigenvalue weighted by Gasteiger charge is -2.18. The van der Waals surface area contributed by atoms with Crippen molar-refractivity contribution in [3.8, 4) is 0 Å². The summed E-state index contributed by atoms with van der Waals surface area (Å²) in [7, 11) is 0. The Morgan fingerprint density at radius 2 is 0.506 bits per heavy atom. The molecule has 0 saturated heterocycles. The highest BCUT2D eigenvalue weighted by Crippen LogP contribution is 2.17. The predicted molar refractivity (Wildman–Crippen MR) is 334 cm³/mol. The maximum absolute atomic E-state index is 12.9. The van der Waals surface area contributed by atoms with Crippen LogP contribution in [0.1, 0.15) is 329 Å². The Hall–Kier alpha value is -3.41. The van der Waals surface area contributed by atoms with Gasteiger partial charge in [-0.25, -0.2) is 0 Å². The van der Waals surface area contributed by atoms with E-state index >= 15 is 0 Å². The van der Waals surface area contributed by atoms with Gasteiger partial charge in [0.2, 0.25) is 0 Å². The molecule has 1 atom stereocenters. The van der Waals surface area contributed by atoms with Crippen molar-refractivity contribution in [2.45, 2.75) is 335 Å². The van der Waals surface area contributed by atoms with Gasteiger partial charge in [-0.2, -0.15) is 0 Å². The quantitative estimate of drug-likeness (QED) is 0.0261. The third-order valence-electron chi connectivity index (χ3n) is 14.4. The lowest BCUT2D eigenvalue weighted by atomic mass is 10.0. The molecule has 0 aliphatic carbocycles. The molecule has 0 rings (SSSR count). The van der Waals surface area contributed by atoms with Crippen LogP contribution in [0.2, 0.25) is 0 Å². The van der Waals surface area contributed by atoms with Crippen molar-refractivity contribution in [1.29, 1.82) is 0 Å². The van der Waals surface area contributed by atoms with Gasteiger partial charge in [0, 0.05) is 19.3 Å². The molecular formula is C71H124O6. The maximum atomic E-state index is 12.9. The number of esters is 3. The van der Waals surface area contributed by atoms with Crippen LogP contribution in [0, 0.1) is 0 Å². The van der Waals surface area contributed by atoms with E-state index in [0.717, 1.165) is 109 Å². The zero-order valence-electron chi connectivity index (χ0n) is 51.0. The molecule has 0 amide bonds. The molecule has 0 fully saturated rings. The molecule has 0 aromatic heterocycles. The molecule has 0 N–H and O–H groups in total. The number of hydrogen-bond donors (Lipinski definition) is 0. The van der Waals surface area contributed by atoms with Crippen LogP contribution in [0.15, 0.2) is 85.1 Å². The first-order chi connectivity index (χ1) is 38.0. The highest BCUT2D eigenvalue weighted by Gasteiger charge is 2.19. The van der Waals surface area contributed by atoms with Gasteiger partial charge in [-0.3, -0.25) is 14.4 Å². The van der Waals surface area contributed by atoms with Crippen LogP contribution in [0.25, 0.3) is 0 Å². The van der Waals surface area contributed by atoms with E-state index in [9.17, 15) is 14.4 Å². The summed E-state index contributed by atoms with van der Waals surface area (Å²) in [5.41, 5.74) is 0. The molecule has 0 spiro atoms. The average molecular weight is 1070 g/mol. The minimum Gasteiger partial charge on any atom is -0.462 e. The summed E-state index contributed by atoms with van der Waals surface area (Å²) < 4.78 is 16.9. The third-order valence-corrected chi connectivity index (χ3v) is 14.4. The number of unbranched alkanes of at least 4 members (excludes halogenated alkanes) is 35. The van der Waals surface area contributed by atoms with Crippen molar-refractivity contribution in [3.63, 3.8) is 0 Å². The van der Waals surface area contributed by atoms with E-state index in [0.29, 0.717) is 19.3 Å². The zero-order chi connectivity index (χ0) is 55.7. The molecular weight excluding hydrogens is 949 g/mol. The van der Waals surface area contributed by atoms with Crippen molar-refractivity contribution in [1.82, 2.24) is 0 Å². The molecule has 6 heteroatoms. The number of rotatable bonds is 60. The lowest BCUT2D eigenvalue weighted by Crippen LogP contribution is -2.30. The number of carbonyl (C=O) groups is 3. The summed E-state index contributed by atoms with van der Waals surface area (Å²) in [5.74, 6) is -0.921. The first-order valence-corrected chi connectivity index (χ1v) is 33.1. The Bertz CT molecular complexity index is 1470. The van der Waals surface area contributed by atoms with Gasteiger partial charge in [0.05, 0.1) is 0 Å². The number of hydrogen-bond acceptors (Lipinski definition) is 6. The molecule has 0 radical (unpaired) electrons. The summed E-state index contributed by atoms with van der Waals surface area (Å²) in [6.45, 7) is 6.50. The third kappa shape index (κ3) is 63.3. The highest BCUT2D eigenvalue weighted by molar-refractivity contribution is 5.71. The molecule has 0 aromatic carbocycles. The SMILES string of the molecule is CC/C=C\C/C=C\C/C=C\CCCCCC(=O)OCC(COC(=O)CCCCCCCCCCCCCCCCC/C=C\CCCCCCCCCC)OC(=O)CCCCCCCC/C=C\C/C=C\C/C=C\CCCCC. The number of carbonyl (C=O) groups excluding carboxylic acids is 3. The fourth-order valence-electron chi connectivity index (χ4n) is 9.40. The van der Waals surface area contributed by atoms with Gasteiger partial charge in [0.25, 0.3) is 0 Å². The van der Waals surface area contributed by atoms with Crippen LogP contribution in [0.3, 0.4) is 0 Å². The summed E-state index contributed by atoms with van der Waals surface area (Å²) in [6.07, 6.45) is 86.1. The van der Waals surface area contributed by atoms with Crippen LogP contribution < -0.4 is 0 Å². The highest BCUT2D eigenvalue weighted by atomic mass is 16.6. The minimum atomic E-state index is -0.797. The van der Waals surface area contributed by atoms with Crippen LogP contribution in [-0.2, 0) is 28.6 Å².